The highest BCUT2D eigenvalue weighted by Gasteiger charge is 2.32. The quantitative estimate of drug-likeness (QED) is 0.863. The minimum Gasteiger partial charge on any atom is -0.373 e. The molecule has 0 radical (unpaired) electrons. The molecule has 2 aliphatic carbocycles. The highest BCUT2D eigenvalue weighted by molar-refractivity contribution is 5.33. The van der Waals surface area contributed by atoms with Crippen molar-refractivity contribution in [1.82, 2.24) is 5.32 Å². The summed E-state index contributed by atoms with van der Waals surface area (Å²) in [6.45, 7) is 0. The van der Waals surface area contributed by atoms with E-state index in [1.807, 2.05) is 7.05 Å². The maximum Gasteiger partial charge on any atom is 0.0776 e. The molecule has 1 aromatic rings. The maximum atomic E-state index is 6.23. The molecule has 92 valence electrons. The first-order valence-corrected chi connectivity index (χ1v) is 6.79. The molecule has 2 unspecified atom stereocenters. The molecule has 1 aromatic carbocycles. The van der Waals surface area contributed by atoms with Crippen LogP contribution < -0.4 is 5.32 Å². The number of likely N-dealkylation sites (N-methyl/N-ethyl adjacent to an activating group) is 1. The number of hydrogen-bond donors (Lipinski definition) is 1. The molecule has 2 atom stereocenters. The van der Waals surface area contributed by atoms with Crippen molar-refractivity contribution in [3.8, 4) is 0 Å². The monoisotopic (exact) mass is 231 g/mol. The fraction of sp³-hybridized carbons (Fsp3) is 0.600. The molecular weight excluding hydrogens is 210 g/mol. The van der Waals surface area contributed by atoms with Gasteiger partial charge in [-0.15, -0.1) is 0 Å². The normalized spacial score (nSPS) is 28.5. The zero-order chi connectivity index (χ0) is 11.7. The molecule has 0 aromatic heterocycles. The summed E-state index contributed by atoms with van der Waals surface area (Å²) in [5, 5.41) is 3.44. The van der Waals surface area contributed by atoms with Gasteiger partial charge in [-0.2, -0.15) is 0 Å². The summed E-state index contributed by atoms with van der Waals surface area (Å²) in [5.41, 5.74) is 2.92. The van der Waals surface area contributed by atoms with E-state index in [1.165, 1.54) is 30.4 Å². The summed E-state index contributed by atoms with van der Waals surface area (Å²) in [4.78, 5) is 0. The smallest absolute Gasteiger partial charge is 0.0776 e. The number of ether oxygens (including phenoxy) is 1. The number of rotatable bonds is 3. The average Bonchev–Trinajstić information content (AvgIpc) is 2.33. The number of hydrogen-bond acceptors (Lipinski definition) is 2. The second-order valence-corrected chi connectivity index (χ2v) is 5.23. The van der Waals surface area contributed by atoms with Crippen LogP contribution in [-0.2, 0) is 11.2 Å². The van der Waals surface area contributed by atoms with Gasteiger partial charge < -0.3 is 10.1 Å². The Labute approximate surface area is 103 Å². The Balaban J connectivity index is 1.78. The second kappa shape index (κ2) is 4.79. The van der Waals surface area contributed by atoms with E-state index >= 15 is 0 Å². The summed E-state index contributed by atoms with van der Waals surface area (Å²) < 4.78 is 6.23. The van der Waals surface area contributed by atoms with E-state index in [1.54, 1.807) is 0 Å². The summed E-state index contributed by atoms with van der Waals surface area (Å²) >= 11 is 0. The average molecular weight is 231 g/mol. The van der Waals surface area contributed by atoms with Gasteiger partial charge in [0.05, 0.1) is 18.2 Å². The van der Waals surface area contributed by atoms with E-state index in [0.29, 0.717) is 18.2 Å². The molecule has 0 amide bonds. The Morgan fingerprint density at radius 2 is 2.00 bits per heavy atom. The van der Waals surface area contributed by atoms with E-state index in [2.05, 4.69) is 29.6 Å². The van der Waals surface area contributed by atoms with Crippen molar-refractivity contribution in [3.63, 3.8) is 0 Å². The lowest BCUT2D eigenvalue weighted by Crippen LogP contribution is -2.39. The predicted molar refractivity (Wildman–Crippen MR) is 69.1 cm³/mol. The third-order valence-electron chi connectivity index (χ3n) is 4.19. The molecule has 0 aliphatic heterocycles. The molecule has 1 fully saturated rings. The van der Waals surface area contributed by atoms with Gasteiger partial charge >= 0.3 is 0 Å². The number of benzene rings is 1. The lowest BCUT2D eigenvalue weighted by molar-refractivity contribution is -0.0717. The molecule has 1 saturated carbocycles. The van der Waals surface area contributed by atoms with Crippen molar-refractivity contribution in [3.05, 3.63) is 35.4 Å². The van der Waals surface area contributed by atoms with Crippen LogP contribution in [0.15, 0.2) is 24.3 Å². The van der Waals surface area contributed by atoms with Gasteiger partial charge in [0.2, 0.25) is 0 Å². The van der Waals surface area contributed by atoms with Gasteiger partial charge in [0.25, 0.3) is 0 Å². The Morgan fingerprint density at radius 3 is 2.71 bits per heavy atom. The van der Waals surface area contributed by atoms with E-state index in [-0.39, 0.29) is 0 Å². The van der Waals surface area contributed by atoms with Crippen LogP contribution in [0.4, 0.5) is 0 Å². The van der Waals surface area contributed by atoms with Gasteiger partial charge in [-0.05, 0) is 50.3 Å². The first-order valence-electron chi connectivity index (χ1n) is 6.79. The van der Waals surface area contributed by atoms with Crippen LogP contribution in [0.25, 0.3) is 0 Å². The van der Waals surface area contributed by atoms with Gasteiger partial charge in [0.15, 0.2) is 0 Å². The maximum absolute atomic E-state index is 6.23. The first-order chi connectivity index (χ1) is 8.38. The van der Waals surface area contributed by atoms with Crippen LogP contribution in [0, 0.1) is 0 Å². The van der Waals surface area contributed by atoms with Crippen LogP contribution in [0.5, 0.6) is 0 Å². The van der Waals surface area contributed by atoms with Gasteiger partial charge in [0.1, 0.15) is 0 Å². The molecule has 2 nitrogen and oxygen atoms in total. The molecule has 1 N–H and O–H groups in total. The van der Waals surface area contributed by atoms with E-state index in [4.69, 9.17) is 4.74 Å². The summed E-state index contributed by atoms with van der Waals surface area (Å²) in [6, 6.07) is 9.14. The largest absolute Gasteiger partial charge is 0.373 e. The highest BCUT2D eigenvalue weighted by atomic mass is 16.5. The van der Waals surface area contributed by atoms with Crippen molar-refractivity contribution in [2.45, 2.75) is 50.4 Å². The molecular formula is C15H21NO. The molecule has 2 aliphatic rings. The predicted octanol–water partition coefficient (Wildman–Crippen LogP) is 2.83. The number of fused-ring (bicyclic) bond motifs is 1. The van der Waals surface area contributed by atoms with Crippen molar-refractivity contribution < 1.29 is 4.74 Å². The SMILES string of the molecule is CNC1c2ccccc2CCC1OC1CCC1. The molecule has 0 saturated heterocycles. The Kier molecular flexibility index (Phi) is 3.17. The third-order valence-corrected chi connectivity index (χ3v) is 4.19. The van der Waals surface area contributed by atoms with Crippen LogP contribution in [0.3, 0.4) is 0 Å². The summed E-state index contributed by atoms with van der Waals surface area (Å²) in [5.74, 6) is 0. The van der Waals surface area contributed by atoms with E-state index in [0.717, 1.165) is 12.8 Å². The van der Waals surface area contributed by atoms with Crippen molar-refractivity contribution >= 4 is 0 Å². The standard InChI is InChI=1S/C15H21NO/c1-16-15-13-8-3-2-5-11(13)9-10-14(15)17-12-6-4-7-12/h2-3,5,8,12,14-16H,4,6-7,9-10H2,1H3. The number of aryl methyl sites for hydroxylation is 1. The molecule has 0 spiro atoms. The highest BCUT2D eigenvalue weighted by Crippen LogP contribution is 2.34. The minimum absolute atomic E-state index is 0.361. The zero-order valence-electron chi connectivity index (χ0n) is 10.5. The van der Waals surface area contributed by atoms with Crippen molar-refractivity contribution in [2.75, 3.05) is 7.05 Å². The van der Waals surface area contributed by atoms with Gasteiger partial charge in [-0.1, -0.05) is 24.3 Å². The zero-order valence-corrected chi connectivity index (χ0v) is 10.5. The Morgan fingerprint density at radius 1 is 1.18 bits per heavy atom. The minimum atomic E-state index is 0.361. The lowest BCUT2D eigenvalue weighted by Gasteiger charge is -2.38. The third kappa shape index (κ3) is 2.12. The second-order valence-electron chi connectivity index (χ2n) is 5.23. The molecule has 3 rings (SSSR count). The van der Waals surface area contributed by atoms with Gasteiger partial charge in [-0.25, -0.2) is 0 Å². The first kappa shape index (κ1) is 11.2. The fourth-order valence-electron chi connectivity index (χ4n) is 2.97. The Hall–Kier alpha value is -0.860. The lowest BCUT2D eigenvalue weighted by atomic mass is 9.85. The summed E-state index contributed by atoms with van der Waals surface area (Å²) in [6.07, 6.45) is 7.06. The molecule has 2 heteroatoms. The summed E-state index contributed by atoms with van der Waals surface area (Å²) in [7, 11) is 2.05. The molecule has 17 heavy (non-hydrogen) atoms. The van der Waals surface area contributed by atoms with Crippen LogP contribution in [0.2, 0.25) is 0 Å². The Bertz CT molecular complexity index is 386. The fourth-order valence-corrected chi connectivity index (χ4v) is 2.97. The van der Waals surface area contributed by atoms with Crippen LogP contribution >= 0.6 is 0 Å². The van der Waals surface area contributed by atoms with Crippen LogP contribution in [-0.4, -0.2) is 19.3 Å². The van der Waals surface area contributed by atoms with Crippen LogP contribution in [0.1, 0.15) is 42.9 Å². The van der Waals surface area contributed by atoms with Crippen molar-refractivity contribution in [2.24, 2.45) is 0 Å². The van der Waals surface area contributed by atoms with E-state index < -0.39 is 0 Å². The molecule has 0 heterocycles. The van der Waals surface area contributed by atoms with Gasteiger partial charge in [0, 0.05) is 0 Å². The van der Waals surface area contributed by atoms with Gasteiger partial charge in [-0.3, -0.25) is 0 Å². The number of nitrogens with one attached hydrogen (secondary N) is 1. The topological polar surface area (TPSA) is 21.3 Å². The van der Waals surface area contributed by atoms with E-state index in [9.17, 15) is 0 Å². The van der Waals surface area contributed by atoms with Crippen molar-refractivity contribution in [1.29, 1.82) is 0 Å². The molecule has 0 bridgehead atoms.